The van der Waals surface area contributed by atoms with Crippen molar-refractivity contribution in [3.8, 4) is 18.2 Å². The van der Waals surface area contributed by atoms with Gasteiger partial charge in [-0.25, -0.2) is 9.78 Å². The summed E-state index contributed by atoms with van der Waals surface area (Å²) >= 11 is 0. The second-order valence-corrected chi connectivity index (χ2v) is 5.59. The number of aromatic carboxylic acids is 1. The Labute approximate surface area is 133 Å². The topological polar surface area (TPSA) is 101 Å². The van der Waals surface area contributed by atoms with Crippen molar-refractivity contribution in [3.05, 3.63) is 23.4 Å². The summed E-state index contributed by atoms with van der Waals surface area (Å²) in [6, 6.07) is 2.75. The molecule has 1 atom stereocenters. The Hall–Kier alpha value is -2.88. The quantitative estimate of drug-likeness (QED) is 0.789. The molecule has 7 nitrogen and oxygen atoms in total. The highest BCUT2D eigenvalue weighted by atomic mass is 16.5. The number of carboxylic acids is 1. The van der Waals surface area contributed by atoms with Crippen molar-refractivity contribution < 1.29 is 19.4 Å². The van der Waals surface area contributed by atoms with E-state index < -0.39 is 11.5 Å². The number of rotatable bonds is 5. The molecule has 120 valence electrons. The van der Waals surface area contributed by atoms with Crippen LogP contribution in [0.1, 0.15) is 36.8 Å². The second-order valence-electron chi connectivity index (χ2n) is 5.59. The van der Waals surface area contributed by atoms with Gasteiger partial charge in [0, 0.05) is 6.07 Å². The Bertz CT molecular complexity index is 733. The van der Waals surface area contributed by atoms with E-state index in [4.69, 9.17) is 11.2 Å². The lowest BCUT2D eigenvalue weighted by Gasteiger charge is -2.27. The van der Waals surface area contributed by atoms with E-state index in [0.717, 1.165) is 0 Å². The molecule has 23 heavy (non-hydrogen) atoms. The summed E-state index contributed by atoms with van der Waals surface area (Å²) in [5, 5.41) is 12.3. The van der Waals surface area contributed by atoms with E-state index in [1.54, 1.807) is 6.92 Å². The Kier molecular flexibility index (Phi) is 4.36. The number of hydrogen-bond acceptors (Lipinski definition) is 5. The van der Waals surface area contributed by atoms with Crippen LogP contribution in [-0.2, 0) is 4.79 Å². The minimum atomic E-state index is -1.17. The van der Waals surface area contributed by atoms with E-state index in [1.165, 1.54) is 12.1 Å². The lowest BCUT2D eigenvalue weighted by molar-refractivity contribution is -0.123. The van der Waals surface area contributed by atoms with Crippen molar-refractivity contribution in [2.45, 2.75) is 26.3 Å². The van der Waals surface area contributed by atoms with Crippen LogP contribution >= 0.6 is 0 Å². The standard InChI is InChI=1S/C16H17N3O4/c1-5-8-23-11-7-6-10(14(20)21)12(17-11)13-18-15(22)16(4,19-13)9(2)3/h1,6-7,9H,8H2,2-4H3,(H,20,21)(H,18,19,22). The van der Waals surface area contributed by atoms with E-state index in [2.05, 4.69) is 21.2 Å². The van der Waals surface area contributed by atoms with Crippen molar-refractivity contribution in [3.63, 3.8) is 0 Å². The van der Waals surface area contributed by atoms with E-state index in [9.17, 15) is 14.7 Å². The Balaban J connectivity index is 2.46. The zero-order valence-corrected chi connectivity index (χ0v) is 13.1. The minimum absolute atomic E-state index is 0.00139. The van der Waals surface area contributed by atoms with E-state index in [0.29, 0.717) is 0 Å². The van der Waals surface area contributed by atoms with Crippen molar-refractivity contribution in [1.29, 1.82) is 0 Å². The van der Waals surface area contributed by atoms with Crippen LogP contribution < -0.4 is 10.1 Å². The zero-order valence-electron chi connectivity index (χ0n) is 13.1. The first kappa shape index (κ1) is 16.5. The lowest BCUT2D eigenvalue weighted by atomic mass is 9.88. The third kappa shape index (κ3) is 3.01. The fourth-order valence-corrected chi connectivity index (χ4v) is 2.04. The van der Waals surface area contributed by atoms with Gasteiger partial charge in [0.25, 0.3) is 5.91 Å². The fraction of sp³-hybridized carbons (Fsp3) is 0.375. The molecule has 0 aromatic carbocycles. The molecule has 7 heteroatoms. The third-order valence-corrected chi connectivity index (χ3v) is 3.82. The zero-order chi connectivity index (χ0) is 17.2. The molecule has 0 bridgehead atoms. The third-order valence-electron chi connectivity index (χ3n) is 3.82. The van der Waals surface area contributed by atoms with Crippen LogP contribution in [-0.4, -0.2) is 39.9 Å². The largest absolute Gasteiger partial charge is 0.478 e. The van der Waals surface area contributed by atoms with Gasteiger partial charge in [-0.2, -0.15) is 4.99 Å². The number of terminal acetylenes is 1. The van der Waals surface area contributed by atoms with Crippen LogP contribution in [0.5, 0.6) is 5.88 Å². The Morgan fingerprint density at radius 3 is 2.74 bits per heavy atom. The van der Waals surface area contributed by atoms with E-state index >= 15 is 0 Å². The summed E-state index contributed by atoms with van der Waals surface area (Å²) in [6.45, 7) is 5.47. The number of hydrogen-bond donors (Lipinski definition) is 2. The number of pyridine rings is 1. The smallest absolute Gasteiger partial charge is 0.338 e. The van der Waals surface area contributed by atoms with Crippen LogP contribution in [0.3, 0.4) is 0 Å². The number of nitrogens with zero attached hydrogens (tertiary/aromatic N) is 2. The highest BCUT2D eigenvalue weighted by Crippen LogP contribution is 2.25. The van der Waals surface area contributed by atoms with E-state index in [-0.39, 0.29) is 41.4 Å². The minimum Gasteiger partial charge on any atom is -0.478 e. The molecule has 0 aliphatic carbocycles. The van der Waals surface area contributed by atoms with Crippen LogP contribution in [0.2, 0.25) is 0 Å². The molecular weight excluding hydrogens is 298 g/mol. The van der Waals surface area contributed by atoms with Gasteiger partial charge in [0.15, 0.2) is 12.4 Å². The number of amidine groups is 1. The summed E-state index contributed by atoms with van der Waals surface area (Å²) in [6.07, 6.45) is 5.12. The van der Waals surface area contributed by atoms with Crippen molar-refractivity contribution >= 4 is 17.7 Å². The van der Waals surface area contributed by atoms with Crippen LogP contribution in [0.4, 0.5) is 0 Å². The Morgan fingerprint density at radius 2 is 2.22 bits per heavy atom. The maximum atomic E-state index is 12.2. The molecule has 0 saturated heterocycles. The van der Waals surface area contributed by atoms with Crippen LogP contribution in [0, 0.1) is 18.3 Å². The highest BCUT2D eigenvalue weighted by molar-refractivity contribution is 6.16. The fourth-order valence-electron chi connectivity index (χ4n) is 2.04. The van der Waals surface area contributed by atoms with E-state index in [1.807, 2.05) is 13.8 Å². The van der Waals surface area contributed by atoms with Gasteiger partial charge < -0.3 is 15.2 Å². The number of ether oxygens (including phenoxy) is 1. The predicted octanol–water partition coefficient (Wildman–Crippen LogP) is 1.08. The number of amides is 1. The van der Waals surface area contributed by atoms with Crippen molar-refractivity contribution in [1.82, 2.24) is 10.3 Å². The molecule has 1 aliphatic rings. The molecule has 0 fully saturated rings. The number of carbonyl (C=O) groups is 2. The molecule has 2 N–H and O–H groups in total. The predicted molar refractivity (Wildman–Crippen MR) is 83.4 cm³/mol. The summed E-state index contributed by atoms with van der Waals surface area (Å²) < 4.78 is 5.21. The first-order chi connectivity index (χ1) is 10.8. The van der Waals surface area contributed by atoms with Crippen molar-refractivity contribution in [2.75, 3.05) is 6.61 Å². The monoisotopic (exact) mass is 315 g/mol. The van der Waals surface area contributed by atoms with Gasteiger partial charge in [-0.1, -0.05) is 19.8 Å². The maximum Gasteiger partial charge on any atom is 0.338 e. The number of carbonyl (C=O) groups excluding carboxylic acids is 1. The Morgan fingerprint density at radius 1 is 1.52 bits per heavy atom. The van der Waals surface area contributed by atoms with Crippen LogP contribution in [0.15, 0.2) is 17.1 Å². The average Bonchev–Trinajstić information content (AvgIpc) is 2.81. The van der Waals surface area contributed by atoms with Gasteiger partial charge in [0.1, 0.15) is 11.2 Å². The normalized spacial score (nSPS) is 20.0. The molecule has 1 aromatic rings. The second kappa shape index (κ2) is 6.08. The SMILES string of the molecule is C#CCOc1ccc(C(=O)O)c(C2=NC(=O)C(C)(C(C)C)N2)n1. The molecule has 1 aromatic heterocycles. The highest BCUT2D eigenvalue weighted by Gasteiger charge is 2.43. The summed E-state index contributed by atoms with van der Waals surface area (Å²) in [7, 11) is 0. The first-order valence-electron chi connectivity index (χ1n) is 7.02. The summed E-state index contributed by atoms with van der Waals surface area (Å²) in [5.41, 5.74) is -0.933. The van der Waals surface area contributed by atoms with Gasteiger partial charge in [0.2, 0.25) is 5.88 Å². The van der Waals surface area contributed by atoms with Gasteiger partial charge in [-0.05, 0) is 18.9 Å². The van der Waals surface area contributed by atoms with Crippen LogP contribution in [0.25, 0.3) is 0 Å². The first-order valence-corrected chi connectivity index (χ1v) is 7.02. The number of nitrogens with one attached hydrogen (secondary N) is 1. The summed E-state index contributed by atoms with van der Waals surface area (Å²) in [5.74, 6) is 1.01. The molecule has 0 saturated carbocycles. The number of aromatic nitrogens is 1. The lowest BCUT2D eigenvalue weighted by Crippen LogP contribution is -2.50. The van der Waals surface area contributed by atoms with Gasteiger partial charge in [-0.15, -0.1) is 6.42 Å². The molecule has 2 rings (SSSR count). The molecule has 1 amide bonds. The number of carboxylic acid groups (broad SMARTS) is 1. The van der Waals surface area contributed by atoms with Crippen molar-refractivity contribution in [2.24, 2.45) is 10.9 Å². The summed E-state index contributed by atoms with van der Waals surface area (Å²) in [4.78, 5) is 31.6. The maximum absolute atomic E-state index is 12.2. The number of aliphatic imine (C=N–C) groups is 1. The molecular formula is C16H17N3O4. The van der Waals surface area contributed by atoms with Gasteiger partial charge >= 0.3 is 5.97 Å². The molecule has 0 radical (unpaired) electrons. The molecule has 0 spiro atoms. The van der Waals surface area contributed by atoms with Gasteiger partial charge in [0.05, 0.1) is 5.56 Å². The molecule has 2 heterocycles. The average molecular weight is 315 g/mol. The molecule has 1 aliphatic heterocycles. The molecule has 1 unspecified atom stereocenters. The van der Waals surface area contributed by atoms with Gasteiger partial charge in [-0.3, -0.25) is 4.79 Å².